The number of nitrogens with zero attached hydrogens (tertiary/aromatic N) is 1. The molecule has 11 heteroatoms. The van der Waals surface area contributed by atoms with Crippen LogP contribution in [0.5, 0.6) is 0 Å². The molecule has 1 aromatic heterocycles. The summed E-state index contributed by atoms with van der Waals surface area (Å²) in [5.41, 5.74) is -1.19. The van der Waals surface area contributed by atoms with Crippen LogP contribution in [0.25, 0.3) is 0 Å². The van der Waals surface area contributed by atoms with Crippen LogP contribution in [0.3, 0.4) is 0 Å². The maximum atomic E-state index is 12.2. The fraction of sp³-hybridized carbons (Fsp3) is 0.857. The first-order valence-corrected chi connectivity index (χ1v) is 16.6. The van der Waals surface area contributed by atoms with Gasteiger partial charge in [-0.05, 0) is 18.8 Å². The SMILES string of the molecule is CC(C)CCCCCCCCCCCCCCOCCCOP(=O)(O)COC(CO)Cn1ccc(=O)[nH]c1=O. The molecule has 0 saturated carbocycles. The number of unbranched alkanes of at least 4 members (excludes halogenated alkanes) is 11. The lowest BCUT2D eigenvalue weighted by molar-refractivity contribution is 0.0162. The molecule has 1 rings (SSSR count). The second-order valence-electron chi connectivity index (χ2n) is 10.7. The maximum absolute atomic E-state index is 12.2. The third-order valence-electron chi connectivity index (χ3n) is 6.52. The second-order valence-corrected chi connectivity index (χ2v) is 12.5. The van der Waals surface area contributed by atoms with Gasteiger partial charge in [0.25, 0.3) is 5.56 Å². The average Bonchev–Trinajstić information content (AvgIpc) is 2.88. The Morgan fingerprint density at radius 1 is 0.872 bits per heavy atom. The molecule has 1 aromatic rings. The number of aromatic nitrogens is 2. The van der Waals surface area contributed by atoms with Crippen molar-refractivity contribution in [2.45, 2.75) is 116 Å². The van der Waals surface area contributed by atoms with Crippen molar-refractivity contribution in [3.05, 3.63) is 33.1 Å². The predicted molar refractivity (Wildman–Crippen MR) is 154 cm³/mol. The van der Waals surface area contributed by atoms with Gasteiger partial charge in [-0.25, -0.2) is 4.79 Å². The minimum atomic E-state index is -4.01. The molecule has 3 N–H and O–H groups in total. The van der Waals surface area contributed by atoms with Crippen molar-refractivity contribution in [2.24, 2.45) is 5.92 Å². The lowest BCUT2D eigenvalue weighted by Crippen LogP contribution is -2.34. The normalized spacial score (nSPS) is 14.1. The van der Waals surface area contributed by atoms with E-state index in [-0.39, 0.29) is 13.2 Å². The number of hydrogen-bond donors (Lipinski definition) is 3. The van der Waals surface area contributed by atoms with Crippen LogP contribution >= 0.6 is 7.60 Å². The van der Waals surface area contributed by atoms with Crippen molar-refractivity contribution in [1.29, 1.82) is 0 Å². The van der Waals surface area contributed by atoms with Gasteiger partial charge in [-0.2, -0.15) is 0 Å². The molecule has 1 heterocycles. The van der Waals surface area contributed by atoms with Crippen molar-refractivity contribution >= 4 is 7.60 Å². The van der Waals surface area contributed by atoms with Crippen molar-refractivity contribution in [3.8, 4) is 0 Å². The molecule has 2 atom stereocenters. The third-order valence-corrected chi connectivity index (χ3v) is 7.58. The van der Waals surface area contributed by atoms with E-state index in [1.807, 2.05) is 0 Å². The molecule has 0 fully saturated rings. The Morgan fingerprint density at radius 3 is 2.00 bits per heavy atom. The Labute approximate surface area is 234 Å². The number of aliphatic hydroxyl groups excluding tert-OH is 1. The average molecular weight is 577 g/mol. The molecule has 10 nitrogen and oxygen atoms in total. The number of hydrogen-bond acceptors (Lipinski definition) is 7. The van der Waals surface area contributed by atoms with E-state index < -0.39 is 37.9 Å². The van der Waals surface area contributed by atoms with Gasteiger partial charge in [-0.1, -0.05) is 90.9 Å². The Kier molecular flexibility index (Phi) is 20.5. The summed E-state index contributed by atoms with van der Waals surface area (Å²) in [5, 5.41) is 9.44. The molecule has 0 aliphatic heterocycles. The van der Waals surface area contributed by atoms with Gasteiger partial charge in [0.05, 0.1) is 25.9 Å². The summed E-state index contributed by atoms with van der Waals surface area (Å²) in [5.74, 6) is 0.837. The van der Waals surface area contributed by atoms with Crippen LogP contribution in [-0.2, 0) is 25.1 Å². The zero-order valence-corrected chi connectivity index (χ0v) is 25.1. The van der Waals surface area contributed by atoms with Crippen molar-refractivity contribution in [1.82, 2.24) is 9.55 Å². The van der Waals surface area contributed by atoms with E-state index in [1.54, 1.807) is 0 Å². The Morgan fingerprint density at radius 2 is 1.44 bits per heavy atom. The summed E-state index contributed by atoms with van der Waals surface area (Å²) >= 11 is 0. The molecule has 228 valence electrons. The molecule has 0 aromatic carbocycles. The van der Waals surface area contributed by atoms with E-state index in [2.05, 4.69) is 18.8 Å². The molecular weight excluding hydrogens is 523 g/mol. The highest BCUT2D eigenvalue weighted by atomic mass is 31.2. The number of aromatic amines is 1. The largest absolute Gasteiger partial charge is 0.394 e. The molecule has 0 bridgehead atoms. The van der Waals surface area contributed by atoms with Crippen LogP contribution in [0, 0.1) is 5.92 Å². The van der Waals surface area contributed by atoms with Gasteiger partial charge < -0.3 is 24.0 Å². The lowest BCUT2D eigenvalue weighted by atomic mass is 10.0. The van der Waals surface area contributed by atoms with Gasteiger partial charge in [0.15, 0.2) is 0 Å². The summed E-state index contributed by atoms with van der Waals surface area (Å²) < 4.78 is 29.2. The Balaban J connectivity index is 1.93. The molecule has 0 spiro atoms. The zero-order valence-electron chi connectivity index (χ0n) is 24.2. The van der Waals surface area contributed by atoms with Gasteiger partial charge in [0.1, 0.15) is 6.35 Å². The van der Waals surface area contributed by atoms with Crippen LogP contribution in [0.15, 0.2) is 21.9 Å². The molecule has 0 radical (unpaired) electrons. The summed E-state index contributed by atoms with van der Waals surface area (Å²) in [6.07, 6.45) is 17.3. The quantitative estimate of drug-likeness (QED) is 0.101. The zero-order chi connectivity index (χ0) is 28.8. The fourth-order valence-electron chi connectivity index (χ4n) is 4.20. The number of aliphatic hydroxyl groups is 1. The summed E-state index contributed by atoms with van der Waals surface area (Å²) in [4.78, 5) is 34.9. The van der Waals surface area contributed by atoms with Gasteiger partial charge in [-0.15, -0.1) is 0 Å². The fourth-order valence-corrected chi connectivity index (χ4v) is 5.09. The van der Waals surface area contributed by atoms with Crippen molar-refractivity contribution in [3.63, 3.8) is 0 Å². The summed E-state index contributed by atoms with van der Waals surface area (Å²) in [6, 6.07) is 1.16. The van der Waals surface area contributed by atoms with E-state index in [0.29, 0.717) is 19.6 Å². The van der Waals surface area contributed by atoms with Crippen LogP contribution in [0.1, 0.15) is 104 Å². The topological polar surface area (TPSA) is 140 Å². The lowest BCUT2D eigenvalue weighted by Gasteiger charge is -2.19. The molecule has 39 heavy (non-hydrogen) atoms. The highest BCUT2D eigenvalue weighted by molar-refractivity contribution is 7.52. The predicted octanol–water partition coefficient (Wildman–Crippen LogP) is 5.21. The summed E-state index contributed by atoms with van der Waals surface area (Å²) in [6.45, 7) is 5.22. The smallest absolute Gasteiger partial charge is 0.353 e. The monoisotopic (exact) mass is 576 g/mol. The Hall–Kier alpha value is -1.29. The molecule has 0 aliphatic rings. The van der Waals surface area contributed by atoms with Crippen LogP contribution in [0.2, 0.25) is 0 Å². The number of H-pyrrole nitrogens is 1. The highest BCUT2D eigenvalue weighted by Crippen LogP contribution is 2.42. The molecule has 0 saturated heterocycles. The van der Waals surface area contributed by atoms with E-state index in [1.165, 1.54) is 76.8 Å². The molecule has 2 unspecified atom stereocenters. The first-order chi connectivity index (χ1) is 18.7. The van der Waals surface area contributed by atoms with Crippen LogP contribution in [-0.4, -0.2) is 58.4 Å². The van der Waals surface area contributed by atoms with Crippen molar-refractivity contribution in [2.75, 3.05) is 32.8 Å². The van der Waals surface area contributed by atoms with E-state index in [4.69, 9.17) is 14.0 Å². The van der Waals surface area contributed by atoms with E-state index in [9.17, 15) is 24.2 Å². The third kappa shape index (κ3) is 20.3. The molecule has 0 amide bonds. The van der Waals surface area contributed by atoms with E-state index in [0.717, 1.165) is 29.4 Å². The van der Waals surface area contributed by atoms with E-state index >= 15 is 0 Å². The number of rotatable bonds is 26. The highest BCUT2D eigenvalue weighted by Gasteiger charge is 2.22. The van der Waals surface area contributed by atoms with Crippen LogP contribution < -0.4 is 11.2 Å². The van der Waals surface area contributed by atoms with Gasteiger partial charge in [0, 0.05) is 25.5 Å². The van der Waals surface area contributed by atoms with Crippen molar-refractivity contribution < 1.29 is 28.6 Å². The van der Waals surface area contributed by atoms with Gasteiger partial charge in [0.2, 0.25) is 0 Å². The Bertz CT molecular complexity index is 889. The number of ether oxygens (including phenoxy) is 2. The summed E-state index contributed by atoms with van der Waals surface area (Å²) in [7, 11) is -4.01. The number of nitrogens with one attached hydrogen (secondary N) is 1. The minimum Gasteiger partial charge on any atom is -0.394 e. The van der Waals surface area contributed by atoms with Crippen LogP contribution in [0.4, 0.5) is 0 Å². The van der Waals surface area contributed by atoms with Gasteiger partial charge in [-0.3, -0.25) is 18.9 Å². The first kappa shape index (κ1) is 35.7. The second kappa shape index (κ2) is 22.4. The molecular formula is C28H53N2O8P. The minimum absolute atomic E-state index is 0.0538. The molecule has 0 aliphatic carbocycles. The first-order valence-electron chi connectivity index (χ1n) is 14.8. The van der Waals surface area contributed by atoms with Gasteiger partial charge >= 0.3 is 13.3 Å². The maximum Gasteiger partial charge on any atom is 0.353 e. The standard InChI is InChI=1S/C28H53N2O8P/c1-25(2)16-13-11-9-7-5-3-4-6-8-10-12-14-19-36-20-15-21-38-39(34,35)24-37-26(23-31)22-30-18-17-27(32)29-28(30)33/h17-18,25-26,31H,3-16,19-24H2,1-2H3,(H,34,35)(H,29,32,33).